The number of hydrogen-bond donors (Lipinski definition) is 2. The van der Waals surface area contributed by atoms with Crippen molar-refractivity contribution in [3.63, 3.8) is 0 Å². The highest BCUT2D eigenvalue weighted by atomic mass is 32.2. The molecule has 0 radical (unpaired) electrons. The molecule has 6 nitrogen and oxygen atoms in total. The van der Waals surface area contributed by atoms with Crippen molar-refractivity contribution in [3.05, 3.63) is 32.4 Å². The molecule has 0 aliphatic heterocycles. The van der Waals surface area contributed by atoms with Crippen molar-refractivity contribution in [1.82, 2.24) is 25.1 Å². The summed E-state index contributed by atoms with van der Waals surface area (Å²) in [5.74, 6) is 1.55. The molecule has 0 saturated carbocycles. The summed E-state index contributed by atoms with van der Waals surface area (Å²) < 4.78 is 0. The van der Waals surface area contributed by atoms with Gasteiger partial charge in [0.1, 0.15) is 16.5 Å². The third-order valence-electron chi connectivity index (χ3n) is 3.72. The van der Waals surface area contributed by atoms with E-state index in [1.165, 1.54) is 11.8 Å². The molecule has 0 aliphatic carbocycles. The van der Waals surface area contributed by atoms with Crippen LogP contribution in [0, 0.1) is 13.8 Å². The van der Waals surface area contributed by atoms with Gasteiger partial charge in [-0.1, -0.05) is 18.7 Å². The highest BCUT2D eigenvalue weighted by molar-refractivity contribution is 7.99. The summed E-state index contributed by atoms with van der Waals surface area (Å²) in [6.45, 7) is 8.08. The Kier molecular flexibility index (Phi) is 4.54. The van der Waals surface area contributed by atoms with Crippen molar-refractivity contribution in [1.29, 1.82) is 0 Å². The maximum atomic E-state index is 12.3. The minimum atomic E-state index is -0.0686. The second kappa shape index (κ2) is 6.45. The van der Waals surface area contributed by atoms with Crippen LogP contribution in [0.15, 0.2) is 9.95 Å². The molecule has 3 aromatic rings. The number of rotatable bonds is 5. The van der Waals surface area contributed by atoms with Gasteiger partial charge in [-0.2, -0.15) is 0 Å². The quantitative estimate of drug-likeness (QED) is 0.688. The number of aryl methyl sites for hydroxylation is 3. The normalized spacial score (nSPS) is 12.9. The first-order chi connectivity index (χ1) is 11.0. The van der Waals surface area contributed by atoms with Gasteiger partial charge in [0.15, 0.2) is 0 Å². The molecular weight excluding hydrogens is 330 g/mol. The molecule has 122 valence electrons. The molecule has 0 unspecified atom stereocenters. The molecule has 8 heteroatoms. The van der Waals surface area contributed by atoms with Crippen LogP contribution in [-0.4, -0.2) is 25.1 Å². The summed E-state index contributed by atoms with van der Waals surface area (Å²) in [7, 11) is 0. The summed E-state index contributed by atoms with van der Waals surface area (Å²) in [5, 5.41) is 8.52. The van der Waals surface area contributed by atoms with E-state index in [0.29, 0.717) is 16.4 Å². The molecule has 0 amide bonds. The van der Waals surface area contributed by atoms with E-state index in [2.05, 4.69) is 32.1 Å². The van der Waals surface area contributed by atoms with Gasteiger partial charge in [0.05, 0.1) is 10.6 Å². The van der Waals surface area contributed by atoms with Crippen LogP contribution in [0.4, 0.5) is 0 Å². The molecule has 3 rings (SSSR count). The Bertz CT molecular complexity index is 895. The lowest BCUT2D eigenvalue weighted by Crippen LogP contribution is -2.12. The summed E-state index contributed by atoms with van der Waals surface area (Å²) >= 11 is 3.05. The molecule has 1 atom stereocenters. The first kappa shape index (κ1) is 16.2. The number of thiophene rings is 1. The highest BCUT2D eigenvalue weighted by Crippen LogP contribution is 2.32. The van der Waals surface area contributed by atoms with Crippen LogP contribution in [0.3, 0.4) is 0 Å². The predicted molar refractivity (Wildman–Crippen MR) is 94.4 cm³/mol. The standard InChI is InChI=1S/C15H19N5OS2/c1-5-6-10-16-15(20-19-10)23-9(4)12-17-13(21)11-7(2)8(3)22-14(11)18-12/h9H,5-6H2,1-4H3,(H,16,19,20)(H,17,18,21)/t9-/m0/s1. The van der Waals surface area contributed by atoms with Crippen LogP contribution < -0.4 is 5.56 Å². The average Bonchev–Trinajstić information content (AvgIpc) is 3.05. The minimum absolute atomic E-state index is 0.0277. The zero-order valence-electron chi connectivity index (χ0n) is 13.6. The van der Waals surface area contributed by atoms with Crippen molar-refractivity contribution in [2.45, 2.75) is 50.9 Å². The number of thioether (sulfide) groups is 1. The maximum absolute atomic E-state index is 12.3. The molecule has 0 aliphatic rings. The molecule has 0 spiro atoms. The number of hydrogen-bond acceptors (Lipinski definition) is 6. The molecule has 0 saturated heterocycles. The zero-order valence-corrected chi connectivity index (χ0v) is 15.2. The fraction of sp³-hybridized carbons (Fsp3) is 0.467. The van der Waals surface area contributed by atoms with E-state index < -0.39 is 0 Å². The first-order valence-corrected chi connectivity index (χ1v) is 9.27. The van der Waals surface area contributed by atoms with Gasteiger partial charge in [0.2, 0.25) is 5.16 Å². The van der Waals surface area contributed by atoms with Crippen LogP contribution in [0.5, 0.6) is 0 Å². The van der Waals surface area contributed by atoms with E-state index in [-0.39, 0.29) is 10.8 Å². The van der Waals surface area contributed by atoms with E-state index in [1.807, 2.05) is 20.8 Å². The van der Waals surface area contributed by atoms with E-state index in [9.17, 15) is 4.79 Å². The number of aromatic amines is 2. The van der Waals surface area contributed by atoms with Crippen molar-refractivity contribution in [2.24, 2.45) is 0 Å². The SMILES string of the molecule is CCCc1nc(S[C@@H](C)c2nc3sc(C)c(C)c3c(=O)[nH]2)n[nH]1. The molecular formula is C15H19N5OS2. The smallest absolute Gasteiger partial charge is 0.259 e. The Morgan fingerprint density at radius 3 is 2.83 bits per heavy atom. The maximum Gasteiger partial charge on any atom is 0.259 e. The molecule has 2 N–H and O–H groups in total. The lowest BCUT2D eigenvalue weighted by molar-refractivity contribution is 0.840. The topological polar surface area (TPSA) is 87.3 Å². The molecule has 23 heavy (non-hydrogen) atoms. The minimum Gasteiger partial charge on any atom is -0.309 e. The highest BCUT2D eigenvalue weighted by Gasteiger charge is 2.17. The Labute approximate surface area is 142 Å². The van der Waals surface area contributed by atoms with Crippen molar-refractivity contribution < 1.29 is 0 Å². The van der Waals surface area contributed by atoms with Crippen LogP contribution in [0.25, 0.3) is 10.2 Å². The zero-order chi connectivity index (χ0) is 16.6. The second-order valence-electron chi connectivity index (χ2n) is 5.49. The Morgan fingerprint density at radius 2 is 2.09 bits per heavy atom. The van der Waals surface area contributed by atoms with Gasteiger partial charge in [0.25, 0.3) is 5.56 Å². The largest absolute Gasteiger partial charge is 0.309 e. The molecule has 0 aromatic carbocycles. The second-order valence-corrected chi connectivity index (χ2v) is 8.00. The average molecular weight is 349 g/mol. The number of nitrogens with zero attached hydrogens (tertiary/aromatic N) is 3. The van der Waals surface area contributed by atoms with Crippen LogP contribution >= 0.6 is 23.1 Å². The fourth-order valence-corrected chi connectivity index (χ4v) is 4.19. The van der Waals surface area contributed by atoms with Gasteiger partial charge in [-0.3, -0.25) is 9.89 Å². The number of nitrogens with one attached hydrogen (secondary N) is 2. The summed E-state index contributed by atoms with van der Waals surface area (Å²) in [6, 6.07) is 0. The van der Waals surface area contributed by atoms with Gasteiger partial charge < -0.3 is 4.98 Å². The summed E-state index contributed by atoms with van der Waals surface area (Å²) in [6.07, 6.45) is 1.91. The van der Waals surface area contributed by atoms with E-state index in [1.54, 1.807) is 11.3 Å². The molecule has 3 aromatic heterocycles. The van der Waals surface area contributed by atoms with Crippen LogP contribution in [0.2, 0.25) is 0 Å². The first-order valence-electron chi connectivity index (χ1n) is 7.57. The van der Waals surface area contributed by atoms with Gasteiger partial charge >= 0.3 is 0 Å². The molecule has 0 fully saturated rings. The van der Waals surface area contributed by atoms with Gasteiger partial charge in [0, 0.05) is 11.3 Å². The van der Waals surface area contributed by atoms with E-state index in [4.69, 9.17) is 0 Å². The number of aromatic nitrogens is 5. The van der Waals surface area contributed by atoms with Gasteiger partial charge in [-0.25, -0.2) is 9.97 Å². The lowest BCUT2D eigenvalue weighted by atomic mass is 10.2. The van der Waals surface area contributed by atoms with Crippen LogP contribution in [0.1, 0.15) is 47.6 Å². The third kappa shape index (κ3) is 3.18. The summed E-state index contributed by atoms with van der Waals surface area (Å²) in [4.78, 5) is 26.3. The summed E-state index contributed by atoms with van der Waals surface area (Å²) in [5.41, 5.74) is 0.949. The third-order valence-corrected chi connectivity index (χ3v) is 5.79. The Morgan fingerprint density at radius 1 is 1.30 bits per heavy atom. The monoisotopic (exact) mass is 349 g/mol. The van der Waals surface area contributed by atoms with Crippen LogP contribution in [-0.2, 0) is 6.42 Å². The molecule has 0 bridgehead atoms. The fourth-order valence-electron chi connectivity index (χ4n) is 2.36. The Hall–Kier alpha value is -1.67. The van der Waals surface area contributed by atoms with Gasteiger partial charge in [-0.15, -0.1) is 16.4 Å². The number of H-pyrrole nitrogens is 2. The van der Waals surface area contributed by atoms with Crippen molar-refractivity contribution in [3.8, 4) is 0 Å². The van der Waals surface area contributed by atoms with E-state index >= 15 is 0 Å². The van der Waals surface area contributed by atoms with E-state index in [0.717, 1.165) is 33.9 Å². The molecule has 3 heterocycles. The predicted octanol–water partition coefficient (Wildman–Crippen LogP) is 3.53. The van der Waals surface area contributed by atoms with Crippen molar-refractivity contribution >= 4 is 33.3 Å². The lowest BCUT2D eigenvalue weighted by Gasteiger charge is -2.07. The number of fused-ring (bicyclic) bond motifs is 1. The Balaban J connectivity index is 1.88. The van der Waals surface area contributed by atoms with Crippen molar-refractivity contribution in [2.75, 3.05) is 0 Å². The van der Waals surface area contributed by atoms with Gasteiger partial charge in [-0.05, 0) is 32.8 Å².